The molecule has 0 unspecified atom stereocenters. The van der Waals surface area contributed by atoms with Crippen LogP contribution in [0.25, 0.3) is 11.1 Å². The molecule has 1 aliphatic heterocycles. The second-order valence-electron chi connectivity index (χ2n) is 8.46. The zero-order valence-corrected chi connectivity index (χ0v) is 19.6. The van der Waals surface area contributed by atoms with E-state index < -0.39 is 0 Å². The lowest BCUT2D eigenvalue weighted by Crippen LogP contribution is -2.28. The third kappa shape index (κ3) is 4.98. The Hall–Kier alpha value is -3.45. The molecule has 2 aromatic carbocycles. The van der Waals surface area contributed by atoms with Crippen LogP contribution in [0.15, 0.2) is 54.7 Å². The zero-order chi connectivity index (χ0) is 23.4. The number of aromatic nitrogens is 2. The molecule has 1 fully saturated rings. The molecule has 0 radical (unpaired) electrons. The lowest BCUT2D eigenvalue weighted by atomic mass is 9.96. The Kier molecular flexibility index (Phi) is 6.89. The standard InChI is InChI=1S/C26H30N4O3/c1-29(2)26-27-15-23(19-9-11-22(33-4)12-10-19)24(28-26)21-13-14-30(16-21)25(31)20-7-5-18(6-8-20)17-32-3/h5-12,15,21H,13-14,16-17H2,1-4H3/t21-/m1/s1. The third-order valence-corrected chi connectivity index (χ3v) is 5.98. The van der Waals surface area contributed by atoms with Crippen LogP contribution in [0.1, 0.15) is 34.0 Å². The fourth-order valence-corrected chi connectivity index (χ4v) is 4.17. The molecule has 0 bridgehead atoms. The Morgan fingerprint density at radius 3 is 2.45 bits per heavy atom. The molecule has 1 aromatic heterocycles. The highest BCUT2D eigenvalue weighted by Gasteiger charge is 2.31. The van der Waals surface area contributed by atoms with Crippen molar-refractivity contribution in [2.75, 3.05) is 46.3 Å². The van der Waals surface area contributed by atoms with Crippen LogP contribution in [0.5, 0.6) is 5.75 Å². The second kappa shape index (κ2) is 10.0. The van der Waals surface area contributed by atoms with Crippen molar-refractivity contribution in [2.45, 2.75) is 18.9 Å². The molecule has 1 saturated heterocycles. The van der Waals surface area contributed by atoms with Gasteiger partial charge in [-0.05, 0) is 41.8 Å². The summed E-state index contributed by atoms with van der Waals surface area (Å²) in [6.07, 6.45) is 2.75. The number of benzene rings is 2. The predicted octanol–water partition coefficient (Wildman–Crippen LogP) is 3.99. The molecule has 172 valence electrons. The fraction of sp³-hybridized carbons (Fsp3) is 0.346. The average Bonchev–Trinajstić information content (AvgIpc) is 3.34. The number of rotatable bonds is 7. The summed E-state index contributed by atoms with van der Waals surface area (Å²) in [4.78, 5) is 26.4. The van der Waals surface area contributed by atoms with Gasteiger partial charge in [-0.3, -0.25) is 4.79 Å². The minimum atomic E-state index is 0.0503. The Labute approximate surface area is 195 Å². The molecule has 2 heterocycles. The lowest BCUT2D eigenvalue weighted by Gasteiger charge is -2.20. The summed E-state index contributed by atoms with van der Waals surface area (Å²) >= 11 is 0. The van der Waals surface area contributed by atoms with Crippen molar-refractivity contribution >= 4 is 11.9 Å². The number of hydrogen-bond acceptors (Lipinski definition) is 6. The van der Waals surface area contributed by atoms with Gasteiger partial charge in [0.2, 0.25) is 5.95 Å². The van der Waals surface area contributed by atoms with Gasteiger partial charge < -0.3 is 19.3 Å². The van der Waals surface area contributed by atoms with Crippen LogP contribution in [-0.4, -0.2) is 62.2 Å². The Morgan fingerprint density at radius 2 is 1.82 bits per heavy atom. The summed E-state index contributed by atoms with van der Waals surface area (Å²) in [6.45, 7) is 1.87. The van der Waals surface area contributed by atoms with E-state index in [0.717, 1.165) is 34.6 Å². The molecule has 0 aliphatic carbocycles. The predicted molar refractivity (Wildman–Crippen MR) is 129 cm³/mol. The van der Waals surface area contributed by atoms with Gasteiger partial charge >= 0.3 is 0 Å². The molecule has 1 atom stereocenters. The van der Waals surface area contributed by atoms with Gasteiger partial charge in [-0.15, -0.1) is 0 Å². The minimum absolute atomic E-state index is 0.0503. The molecule has 0 spiro atoms. The van der Waals surface area contributed by atoms with Crippen molar-refractivity contribution in [3.05, 3.63) is 71.5 Å². The number of hydrogen-bond donors (Lipinski definition) is 0. The van der Waals surface area contributed by atoms with Crippen LogP contribution < -0.4 is 9.64 Å². The summed E-state index contributed by atoms with van der Waals surface area (Å²) in [7, 11) is 7.19. The minimum Gasteiger partial charge on any atom is -0.497 e. The van der Waals surface area contributed by atoms with Crippen LogP contribution in [-0.2, 0) is 11.3 Å². The van der Waals surface area contributed by atoms with Crippen LogP contribution in [0, 0.1) is 0 Å². The number of anilines is 1. The van der Waals surface area contributed by atoms with E-state index in [0.29, 0.717) is 31.2 Å². The number of carbonyl (C=O) groups is 1. The number of amides is 1. The quantitative estimate of drug-likeness (QED) is 0.547. The van der Waals surface area contributed by atoms with E-state index in [1.54, 1.807) is 14.2 Å². The van der Waals surface area contributed by atoms with Crippen molar-refractivity contribution in [1.29, 1.82) is 0 Å². The second-order valence-corrected chi connectivity index (χ2v) is 8.46. The SMILES string of the molecule is COCc1ccc(C(=O)N2CC[C@@H](c3nc(N(C)C)ncc3-c3ccc(OC)cc3)C2)cc1. The molecule has 0 saturated carbocycles. The number of nitrogens with zero attached hydrogens (tertiary/aromatic N) is 4. The Morgan fingerprint density at radius 1 is 1.09 bits per heavy atom. The van der Waals surface area contributed by atoms with Crippen molar-refractivity contribution < 1.29 is 14.3 Å². The highest BCUT2D eigenvalue weighted by Crippen LogP contribution is 2.35. The van der Waals surface area contributed by atoms with E-state index in [9.17, 15) is 4.79 Å². The lowest BCUT2D eigenvalue weighted by molar-refractivity contribution is 0.0790. The fourth-order valence-electron chi connectivity index (χ4n) is 4.17. The first-order chi connectivity index (χ1) is 16.0. The Bertz CT molecular complexity index is 1100. The molecule has 3 aromatic rings. The van der Waals surface area contributed by atoms with E-state index >= 15 is 0 Å². The highest BCUT2D eigenvalue weighted by atomic mass is 16.5. The monoisotopic (exact) mass is 446 g/mol. The van der Waals surface area contributed by atoms with E-state index in [1.807, 2.05) is 78.6 Å². The molecule has 7 nitrogen and oxygen atoms in total. The molecule has 1 aliphatic rings. The van der Waals surface area contributed by atoms with Gasteiger partial charge in [0.05, 0.1) is 19.4 Å². The van der Waals surface area contributed by atoms with Gasteiger partial charge in [0, 0.05) is 57.5 Å². The van der Waals surface area contributed by atoms with Crippen LogP contribution in [0.3, 0.4) is 0 Å². The molecular formula is C26H30N4O3. The molecule has 1 amide bonds. The topological polar surface area (TPSA) is 67.8 Å². The van der Waals surface area contributed by atoms with Gasteiger partial charge in [0.1, 0.15) is 5.75 Å². The zero-order valence-electron chi connectivity index (χ0n) is 19.6. The van der Waals surface area contributed by atoms with Gasteiger partial charge in [-0.1, -0.05) is 24.3 Å². The van der Waals surface area contributed by atoms with Gasteiger partial charge in [-0.2, -0.15) is 0 Å². The number of methoxy groups -OCH3 is 2. The number of likely N-dealkylation sites (tertiary alicyclic amines) is 1. The summed E-state index contributed by atoms with van der Waals surface area (Å²) < 4.78 is 10.5. The molecule has 4 rings (SSSR count). The molecule has 0 N–H and O–H groups in total. The van der Waals surface area contributed by atoms with Crippen molar-refractivity contribution in [3.8, 4) is 16.9 Å². The van der Waals surface area contributed by atoms with Crippen LogP contribution in [0.2, 0.25) is 0 Å². The highest BCUT2D eigenvalue weighted by molar-refractivity contribution is 5.94. The maximum atomic E-state index is 13.1. The van der Waals surface area contributed by atoms with E-state index in [-0.39, 0.29) is 11.8 Å². The van der Waals surface area contributed by atoms with Gasteiger partial charge in [0.15, 0.2) is 0 Å². The molecule has 33 heavy (non-hydrogen) atoms. The summed E-state index contributed by atoms with van der Waals surface area (Å²) in [5, 5.41) is 0. The van der Waals surface area contributed by atoms with Crippen LogP contribution >= 0.6 is 0 Å². The number of ether oxygens (including phenoxy) is 2. The first kappa shape index (κ1) is 22.7. The van der Waals surface area contributed by atoms with E-state index in [2.05, 4.69) is 4.98 Å². The van der Waals surface area contributed by atoms with Crippen molar-refractivity contribution in [3.63, 3.8) is 0 Å². The largest absolute Gasteiger partial charge is 0.497 e. The summed E-state index contributed by atoms with van der Waals surface area (Å²) in [6, 6.07) is 15.6. The maximum Gasteiger partial charge on any atom is 0.253 e. The molecule has 7 heteroatoms. The van der Waals surface area contributed by atoms with Gasteiger partial charge in [0.25, 0.3) is 5.91 Å². The summed E-state index contributed by atoms with van der Waals surface area (Å²) in [5.41, 5.74) is 4.75. The van der Waals surface area contributed by atoms with E-state index in [4.69, 9.17) is 14.5 Å². The maximum absolute atomic E-state index is 13.1. The Balaban J connectivity index is 1.59. The first-order valence-electron chi connectivity index (χ1n) is 11.1. The smallest absolute Gasteiger partial charge is 0.253 e. The first-order valence-corrected chi connectivity index (χ1v) is 11.1. The van der Waals surface area contributed by atoms with Crippen molar-refractivity contribution in [1.82, 2.24) is 14.9 Å². The van der Waals surface area contributed by atoms with E-state index in [1.165, 1.54) is 0 Å². The normalized spacial score (nSPS) is 15.5. The van der Waals surface area contributed by atoms with Gasteiger partial charge in [-0.25, -0.2) is 9.97 Å². The van der Waals surface area contributed by atoms with Crippen LogP contribution in [0.4, 0.5) is 5.95 Å². The molecular weight excluding hydrogens is 416 g/mol. The van der Waals surface area contributed by atoms with Crippen molar-refractivity contribution in [2.24, 2.45) is 0 Å². The third-order valence-electron chi connectivity index (χ3n) is 5.98. The number of carbonyl (C=O) groups excluding carboxylic acids is 1. The summed E-state index contributed by atoms with van der Waals surface area (Å²) in [5.74, 6) is 1.66. The average molecular weight is 447 g/mol.